The quantitative estimate of drug-likeness (QED) is 0.921. The van der Waals surface area contributed by atoms with Crippen molar-refractivity contribution in [3.8, 4) is 11.3 Å². The number of nitrogens with zero attached hydrogens (tertiary/aromatic N) is 2. The zero-order chi connectivity index (χ0) is 14.7. The molecule has 1 N–H and O–H groups in total. The standard InChI is InChI=1S/C16H20ClN3O/c1-2-20(14-7-8-18-9-14)11-16-19-10-15(21-16)12-3-5-13(17)6-4-12/h3-6,10,14,18H,2,7-9,11H2,1H3. The fourth-order valence-corrected chi connectivity index (χ4v) is 2.88. The molecule has 0 bridgehead atoms. The van der Waals surface area contributed by atoms with Crippen molar-refractivity contribution >= 4 is 11.6 Å². The topological polar surface area (TPSA) is 41.3 Å². The Morgan fingerprint density at radius 3 is 2.86 bits per heavy atom. The minimum Gasteiger partial charge on any atom is -0.439 e. The molecular weight excluding hydrogens is 286 g/mol. The van der Waals surface area contributed by atoms with Gasteiger partial charge in [-0.1, -0.05) is 18.5 Å². The van der Waals surface area contributed by atoms with Gasteiger partial charge in [-0.3, -0.25) is 4.90 Å². The summed E-state index contributed by atoms with van der Waals surface area (Å²) < 4.78 is 5.89. The third kappa shape index (κ3) is 3.46. The highest BCUT2D eigenvalue weighted by molar-refractivity contribution is 6.30. The summed E-state index contributed by atoms with van der Waals surface area (Å²) in [5.41, 5.74) is 1.00. The third-order valence-corrected chi connectivity index (χ3v) is 4.23. The lowest BCUT2D eigenvalue weighted by molar-refractivity contribution is 0.191. The van der Waals surface area contributed by atoms with Gasteiger partial charge < -0.3 is 9.73 Å². The number of oxazole rings is 1. The molecule has 1 unspecified atom stereocenters. The van der Waals surface area contributed by atoms with Crippen molar-refractivity contribution in [3.63, 3.8) is 0 Å². The van der Waals surface area contributed by atoms with E-state index in [1.54, 1.807) is 6.20 Å². The lowest BCUT2D eigenvalue weighted by atomic mass is 10.2. The number of rotatable bonds is 5. The van der Waals surface area contributed by atoms with Gasteiger partial charge in [-0.05, 0) is 43.8 Å². The number of likely N-dealkylation sites (N-methyl/N-ethyl adjacent to an activating group) is 1. The molecule has 1 atom stereocenters. The van der Waals surface area contributed by atoms with Crippen LogP contribution in [0.4, 0.5) is 0 Å². The molecule has 2 aromatic rings. The van der Waals surface area contributed by atoms with Gasteiger partial charge >= 0.3 is 0 Å². The molecular formula is C16H20ClN3O. The second-order valence-electron chi connectivity index (χ2n) is 5.33. The highest BCUT2D eigenvalue weighted by atomic mass is 35.5. The Morgan fingerprint density at radius 1 is 1.38 bits per heavy atom. The molecule has 3 rings (SSSR count). The van der Waals surface area contributed by atoms with Crippen LogP contribution in [0.3, 0.4) is 0 Å². The molecule has 2 heterocycles. The Morgan fingerprint density at radius 2 is 2.19 bits per heavy atom. The van der Waals surface area contributed by atoms with Crippen LogP contribution in [0.5, 0.6) is 0 Å². The molecule has 1 aliphatic rings. The van der Waals surface area contributed by atoms with Crippen molar-refractivity contribution < 1.29 is 4.42 Å². The highest BCUT2D eigenvalue weighted by Crippen LogP contribution is 2.23. The van der Waals surface area contributed by atoms with E-state index >= 15 is 0 Å². The second-order valence-corrected chi connectivity index (χ2v) is 5.77. The molecule has 4 nitrogen and oxygen atoms in total. The average molecular weight is 306 g/mol. The molecule has 1 saturated heterocycles. The van der Waals surface area contributed by atoms with E-state index in [4.69, 9.17) is 16.0 Å². The molecule has 0 amide bonds. The Bertz CT molecular complexity index is 575. The van der Waals surface area contributed by atoms with Crippen molar-refractivity contribution in [1.82, 2.24) is 15.2 Å². The monoisotopic (exact) mass is 305 g/mol. The maximum absolute atomic E-state index is 5.91. The number of hydrogen-bond acceptors (Lipinski definition) is 4. The maximum atomic E-state index is 5.91. The number of aromatic nitrogens is 1. The third-order valence-electron chi connectivity index (χ3n) is 3.98. The zero-order valence-corrected chi connectivity index (χ0v) is 12.9. The molecule has 1 aliphatic heterocycles. The molecule has 0 radical (unpaired) electrons. The van der Waals surface area contributed by atoms with Gasteiger partial charge in [-0.15, -0.1) is 0 Å². The number of nitrogens with one attached hydrogen (secondary N) is 1. The van der Waals surface area contributed by atoms with E-state index in [-0.39, 0.29) is 0 Å². The largest absolute Gasteiger partial charge is 0.439 e. The van der Waals surface area contributed by atoms with E-state index in [1.807, 2.05) is 24.3 Å². The smallest absolute Gasteiger partial charge is 0.209 e. The van der Waals surface area contributed by atoms with Crippen LogP contribution in [0, 0.1) is 0 Å². The van der Waals surface area contributed by atoms with Crippen LogP contribution in [0.15, 0.2) is 34.9 Å². The zero-order valence-electron chi connectivity index (χ0n) is 12.2. The molecule has 0 saturated carbocycles. The highest BCUT2D eigenvalue weighted by Gasteiger charge is 2.22. The van der Waals surface area contributed by atoms with Crippen LogP contribution < -0.4 is 5.32 Å². The van der Waals surface area contributed by atoms with Crippen LogP contribution >= 0.6 is 11.6 Å². The van der Waals surface area contributed by atoms with E-state index in [9.17, 15) is 0 Å². The second kappa shape index (κ2) is 6.60. The van der Waals surface area contributed by atoms with E-state index in [0.717, 1.165) is 48.4 Å². The van der Waals surface area contributed by atoms with Gasteiger partial charge in [0.15, 0.2) is 5.76 Å². The van der Waals surface area contributed by atoms with Gasteiger partial charge in [-0.2, -0.15) is 0 Å². The van der Waals surface area contributed by atoms with Crippen molar-refractivity contribution in [1.29, 1.82) is 0 Å². The van der Waals surface area contributed by atoms with E-state index in [1.165, 1.54) is 6.42 Å². The van der Waals surface area contributed by atoms with Gasteiger partial charge in [0.25, 0.3) is 0 Å². The first-order chi connectivity index (χ1) is 10.3. The number of hydrogen-bond donors (Lipinski definition) is 1. The lowest BCUT2D eigenvalue weighted by Crippen LogP contribution is -2.36. The Kier molecular flexibility index (Phi) is 4.58. The molecule has 1 aromatic heterocycles. The fraction of sp³-hybridized carbons (Fsp3) is 0.438. The van der Waals surface area contributed by atoms with E-state index < -0.39 is 0 Å². The van der Waals surface area contributed by atoms with Gasteiger partial charge in [0.05, 0.1) is 12.7 Å². The Balaban J connectivity index is 1.70. The van der Waals surface area contributed by atoms with Crippen molar-refractivity contribution in [2.24, 2.45) is 0 Å². The molecule has 21 heavy (non-hydrogen) atoms. The van der Waals surface area contributed by atoms with Crippen LogP contribution in [0.25, 0.3) is 11.3 Å². The number of halogens is 1. The van der Waals surface area contributed by atoms with Crippen molar-refractivity contribution in [3.05, 3.63) is 41.4 Å². The van der Waals surface area contributed by atoms with Gasteiger partial charge in [0.1, 0.15) is 0 Å². The average Bonchev–Trinajstić information content (AvgIpc) is 3.17. The predicted octanol–water partition coefficient (Wildman–Crippen LogP) is 3.18. The first-order valence-corrected chi connectivity index (χ1v) is 7.79. The summed E-state index contributed by atoms with van der Waals surface area (Å²) in [6.07, 6.45) is 2.98. The molecule has 1 fully saturated rings. The lowest BCUT2D eigenvalue weighted by Gasteiger charge is -2.25. The van der Waals surface area contributed by atoms with Gasteiger partial charge in [0.2, 0.25) is 5.89 Å². The summed E-state index contributed by atoms with van der Waals surface area (Å²) in [6.45, 7) is 6.10. The van der Waals surface area contributed by atoms with Crippen LogP contribution in [-0.4, -0.2) is 35.6 Å². The van der Waals surface area contributed by atoms with Crippen LogP contribution in [-0.2, 0) is 6.54 Å². The minimum atomic E-state index is 0.584. The summed E-state index contributed by atoms with van der Waals surface area (Å²) in [5, 5.41) is 4.13. The first kappa shape index (κ1) is 14.6. The van der Waals surface area contributed by atoms with Gasteiger partial charge in [0, 0.05) is 23.2 Å². The van der Waals surface area contributed by atoms with E-state index in [0.29, 0.717) is 6.04 Å². The molecule has 0 spiro atoms. The minimum absolute atomic E-state index is 0.584. The van der Waals surface area contributed by atoms with Crippen molar-refractivity contribution in [2.45, 2.75) is 25.9 Å². The normalized spacial score (nSPS) is 18.5. The predicted molar refractivity (Wildman–Crippen MR) is 84.3 cm³/mol. The Labute approximate surface area is 130 Å². The summed E-state index contributed by atoms with van der Waals surface area (Å²) >= 11 is 5.91. The van der Waals surface area contributed by atoms with Crippen LogP contribution in [0.2, 0.25) is 5.02 Å². The fourth-order valence-electron chi connectivity index (χ4n) is 2.75. The molecule has 112 valence electrons. The van der Waals surface area contributed by atoms with E-state index in [2.05, 4.69) is 22.1 Å². The summed E-state index contributed by atoms with van der Waals surface area (Å²) in [4.78, 5) is 6.83. The number of benzene rings is 1. The summed E-state index contributed by atoms with van der Waals surface area (Å²) in [6, 6.07) is 8.21. The SMILES string of the molecule is CCN(Cc1ncc(-c2ccc(Cl)cc2)o1)C1CCNC1. The molecule has 0 aliphatic carbocycles. The molecule has 1 aromatic carbocycles. The Hall–Kier alpha value is -1.36. The summed E-state index contributed by atoms with van der Waals surface area (Å²) in [5.74, 6) is 1.57. The molecule has 5 heteroatoms. The van der Waals surface area contributed by atoms with Crippen LogP contribution in [0.1, 0.15) is 19.2 Å². The maximum Gasteiger partial charge on any atom is 0.209 e. The first-order valence-electron chi connectivity index (χ1n) is 7.41. The summed E-state index contributed by atoms with van der Waals surface area (Å²) in [7, 11) is 0. The van der Waals surface area contributed by atoms with Gasteiger partial charge in [-0.25, -0.2) is 4.98 Å². The van der Waals surface area contributed by atoms with Crippen molar-refractivity contribution in [2.75, 3.05) is 19.6 Å².